The lowest BCUT2D eigenvalue weighted by molar-refractivity contribution is 0.0953. The van der Waals surface area contributed by atoms with Gasteiger partial charge in [0.05, 0.1) is 0 Å². The summed E-state index contributed by atoms with van der Waals surface area (Å²) in [5.74, 6) is 0.0432. The zero-order valence-corrected chi connectivity index (χ0v) is 8.57. The minimum Gasteiger partial charge on any atom is -0.508 e. The smallest absolute Gasteiger partial charge is 0.251 e. The van der Waals surface area contributed by atoms with Crippen molar-refractivity contribution < 1.29 is 9.90 Å². The van der Waals surface area contributed by atoms with Gasteiger partial charge in [-0.1, -0.05) is 0 Å². The molecule has 0 unspecified atom stereocenters. The fraction of sp³-hybridized carbons (Fsp3) is 0.364. The number of carbonyl (C=O) groups excluding carboxylic acids is 1. The fourth-order valence-corrected chi connectivity index (χ4v) is 1.19. The number of phenols is 1. The maximum absolute atomic E-state index is 11.5. The number of hydrogen-bond acceptors (Lipinski definition) is 3. The van der Waals surface area contributed by atoms with Crippen LogP contribution in [0, 0.1) is 0 Å². The van der Waals surface area contributed by atoms with Gasteiger partial charge in [-0.05, 0) is 43.7 Å². The molecule has 0 saturated heterocycles. The number of benzene rings is 1. The van der Waals surface area contributed by atoms with Gasteiger partial charge in [-0.25, -0.2) is 0 Å². The van der Waals surface area contributed by atoms with Gasteiger partial charge in [0, 0.05) is 12.1 Å². The van der Waals surface area contributed by atoms with Crippen LogP contribution in [0.1, 0.15) is 23.2 Å². The predicted octanol–water partition coefficient (Wildman–Crippen LogP) is 0.861. The molecule has 0 aliphatic carbocycles. The first-order valence-corrected chi connectivity index (χ1v) is 5.01. The SMILES string of the molecule is NCCCCNC(=O)c1ccc(O)cc1. The highest BCUT2D eigenvalue weighted by Gasteiger charge is 2.03. The van der Waals surface area contributed by atoms with E-state index in [2.05, 4.69) is 5.32 Å². The Kier molecular flexibility index (Phi) is 4.63. The molecule has 0 fully saturated rings. The summed E-state index contributed by atoms with van der Waals surface area (Å²) in [6.07, 6.45) is 1.80. The summed E-state index contributed by atoms with van der Waals surface area (Å²) >= 11 is 0. The van der Waals surface area contributed by atoms with E-state index in [9.17, 15) is 4.79 Å². The van der Waals surface area contributed by atoms with Crippen LogP contribution >= 0.6 is 0 Å². The predicted molar refractivity (Wildman–Crippen MR) is 58.7 cm³/mol. The summed E-state index contributed by atoms with van der Waals surface area (Å²) in [5.41, 5.74) is 5.89. The molecule has 1 amide bonds. The minimum absolute atomic E-state index is 0.118. The topological polar surface area (TPSA) is 75.3 Å². The Morgan fingerprint density at radius 2 is 1.93 bits per heavy atom. The van der Waals surface area contributed by atoms with Gasteiger partial charge in [0.2, 0.25) is 0 Å². The second-order valence-corrected chi connectivity index (χ2v) is 3.30. The van der Waals surface area contributed by atoms with Gasteiger partial charge in [-0.15, -0.1) is 0 Å². The van der Waals surface area contributed by atoms with Gasteiger partial charge in [-0.3, -0.25) is 4.79 Å². The Labute approximate surface area is 89.1 Å². The van der Waals surface area contributed by atoms with Crippen molar-refractivity contribution in [3.8, 4) is 5.75 Å². The number of aromatic hydroxyl groups is 1. The Balaban J connectivity index is 2.37. The van der Waals surface area contributed by atoms with Crippen LogP contribution < -0.4 is 11.1 Å². The second kappa shape index (κ2) is 6.03. The molecule has 0 aliphatic heterocycles. The molecular weight excluding hydrogens is 192 g/mol. The van der Waals surface area contributed by atoms with E-state index >= 15 is 0 Å². The van der Waals surface area contributed by atoms with E-state index in [1.807, 2.05) is 0 Å². The molecule has 4 heteroatoms. The number of unbranched alkanes of at least 4 members (excludes halogenated alkanes) is 1. The average molecular weight is 208 g/mol. The van der Waals surface area contributed by atoms with E-state index in [-0.39, 0.29) is 11.7 Å². The lowest BCUT2D eigenvalue weighted by Crippen LogP contribution is -2.24. The van der Waals surface area contributed by atoms with Crippen molar-refractivity contribution in [1.82, 2.24) is 5.32 Å². The molecule has 82 valence electrons. The highest BCUT2D eigenvalue weighted by Crippen LogP contribution is 2.09. The molecule has 0 bridgehead atoms. The molecular formula is C11H16N2O2. The Morgan fingerprint density at radius 1 is 1.27 bits per heavy atom. The molecule has 0 heterocycles. The molecule has 15 heavy (non-hydrogen) atoms. The molecule has 0 aliphatic rings. The molecule has 1 aromatic rings. The number of nitrogens with two attached hydrogens (primary N) is 1. The third-order valence-electron chi connectivity index (χ3n) is 2.05. The molecule has 0 aromatic heterocycles. The molecule has 0 saturated carbocycles. The highest BCUT2D eigenvalue weighted by molar-refractivity contribution is 5.94. The first-order chi connectivity index (χ1) is 7.24. The van der Waals surface area contributed by atoms with Crippen molar-refractivity contribution in [2.45, 2.75) is 12.8 Å². The summed E-state index contributed by atoms with van der Waals surface area (Å²) in [6, 6.07) is 6.17. The van der Waals surface area contributed by atoms with Crippen LogP contribution in [0.4, 0.5) is 0 Å². The van der Waals surface area contributed by atoms with Crippen LogP contribution in [0.25, 0.3) is 0 Å². The molecule has 4 nitrogen and oxygen atoms in total. The highest BCUT2D eigenvalue weighted by atomic mass is 16.3. The van der Waals surface area contributed by atoms with Crippen LogP contribution in [0.2, 0.25) is 0 Å². The number of carbonyl (C=O) groups is 1. The van der Waals surface area contributed by atoms with Gasteiger partial charge in [-0.2, -0.15) is 0 Å². The minimum atomic E-state index is -0.118. The number of amides is 1. The third kappa shape index (κ3) is 3.99. The monoisotopic (exact) mass is 208 g/mol. The standard InChI is InChI=1S/C11H16N2O2/c12-7-1-2-8-13-11(15)9-3-5-10(14)6-4-9/h3-6,14H,1-2,7-8,12H2,(H,13,15). The summed E-state index contributed by atoms with van der Waals surface area (Å²) in [4.78, 5) is 11.5. The summed E-state index contributed by atoms with van der Waals surface area (Å²) in [7, 11) is 0. The summed E-state index contributed by atoms with van der Waals surface area (Å²) in [6.45, 7) is 1.28. The quantitative estimate of drug-likeness (QED) is 0.628. The van der Waals surface area contributed by atoms with Crippen LogP contribution in [0.5, 0.6) is 5.75 Å². The second-order valence-electron chi connectivity index (χ2n) is 3.30. The maximum atomic E-state index is 11.5. The van der Waals surface area contributed by atoms with Crippen molar-refractivity contribution in [3.63, 3.8) is 0 Å². The normalized spacial score (nSPS) is 9.93. The lowest BCUT2D eigenvalue weighted by atomic mass is 10.2. The maximum Gasteiger partial charge on any atom is 0.251 e. The zero-order chi connectivity index (χ0) is 11.1. The van der Waals surface area contributed by atoms with Gasteiger partial charge < -0.3 is 16.2 Å². The van der Waals surface area contributed by atoms with Crippen LogP contribution in [0.3, 0.4) is 0 Å². The van der Waals surface area contributed by atoms with Crippen molar-refractivity contribution >= 4 is 5.91 Å². The largest absolute Gasteiger partial charge is 0.508 e. The first-order valence-electron chi connectivity index (χ1n) is 5.01. The van der Waals surface area contributed by atoms with Crippen molar-refractivity contribution in [2.24, 2.45) is 5.73 Å². The molecule has 4 N–H and O–H groups in total. The van der Waals surface area contributed by atoms with Gasteiger partial charge in [0.25, 0.3) is 5.91 Å². The Morgan fingerprint density at radius 3 is 2.53 bits per heavy atom. The van der Waals surface area contributed by atoms with E-state index in [1.54, 1.807) is 12.1 Å². The van der Waals surface area contributed by atoms with Crippen LogP contribution in [-0.2, 0) is 0 Å². The third-order valence-corrected chi connectivity index (χ3v) is 2.05. The first kappa shape index (κ1) is 11.5. The molecule has 0 spiro atoms. The van der Waals surface area contributed by atoms with E-state index < -0.39 is 0 Å². The van der Waals surface area contributed by atoms with E-state index in [0.717, 1.165) is 12.8 Å². The van der Waals surface area contributed by atoms with Gasteiger partial charge in [0.1, 0.15) is 5.75 Å². The lowest BCUT2D eigenvalue weighted by Gasteiger charge is -2.04. The fourth-order valence-electron chi connectivity index (χ4n) is 1.19. The average Bonchev–Trinajstić information content (AvgIpc) is 2.25. The number of hydrogen-bond donors (Lipinski definition) is 3. The molecule has 1 rings (SSSR count). The van der Waals surface area contributed by atoms with E-state index in [4.69, 9.17) is 10.8 Å². The molecule has 0 radical (unpaired) electrons. The van der Waals surface area contributed by atoms with Gasteiger partial charge in [0.15, 0.2) is 0 Å². The summed E-state index contributed by atoms with van der Waals surface area (Å²) < 4.78 is 0. The Bertz CT molecular complexity index is 309. The van der Waals surface area contributed by atoms with Crippen molar-refractivity contribution in [3.05, 3.63) is 29.8 Å². The Hall–Kier alpha value is -1.55. The molecule has 1 aromatic carbocycles. The number of rotatable bonds is 5. The summed E-state index contributed by atoms with van der Waals surface area (Å²) in [5, 5.41) is 11.8. The van der Waals surface area contributed by atoms with Crippen LogP contribution in [-0.4, -0.2) is 24.1 Å². The van der Waals surface area contributed by atoms with Crippen molar-refractivity contribution in [2.75, 3.05) is 13.1 Å². The number of phenolic OH excluding ortho intramolecular Hbond substituents is 1. The van der Waals surface area contributed by atoms with E-state index in [0.29, 0.717) is 18.7 Å². The van der Waals surface area contributed by atoms with Crippen molar-refractivity contribution in [1.29, 1.82) is 0 Å². The van der Waals surface area contributed by atoms with Gasteiger partial charge >= 0.3 is 0 Å². The number of nitrogens with one attached hydrogen (secondary N) is 1. The zero-order valence-electron chi connectivity index (χ0n) is 8.57. The van der Waals surface area contributed by atoms with Crippen LogP contribution in [0.15, 0.2) is 24.3 Å². The van der Waals surface area contributed by atoms with E-state index in [1.165, 1.54) is 12.1 Å². The molecule has 0 atom stereocenters.